The van der Waals surface area contributed by atoms with E-state index in [-0.39, 0.29) is 0 Å². The Balaban J connectivity index is 2.24. The Kier molecular flexibility index (Phi) is 3.91. The zero-order valence-electron chi connectivity index (χ0n) is 9.61. The lowest BCUT2D eigenvalue weighted by atomic mass is 10.1. The summed E-state index contributed by atoms with van der Waals surface area (Å²) >= 11 is 3.50. The lowest BCUT2D eigenvalue weighted by molar-refractivity contribution is 0.376. The molecule has 1 heterocycles. The molecule has 0 saturated carbocycles. The smallest absolute Gasteiger partial charge is 0.227 e. The number of aromatic nitrogens is 2. The van der Waals surface area contributed by atoms with Crippen LogP contribution < -0.4 is 5.73 Å². The van der Waals surface area contributed by atoms with Crippen molar-refractivity contribution in [1.82, 2.24) is 10.1 Å². The monoisotopic (exact) mass is 295 g/mol. The van der Waals surface area contributed by atoms with E-state index in [0.29, 0.717) is 18.3 Å². The van der Waals surface area contributed by atoms with Crippen LogP contribution in [-0.4, -0.2) is 16.7 Å². The van der Waals surface area contributed by atoms with E-state index in [2.05, 4.69) is 26.1 Å². The standard InChI is InChI=1S/C12H14BrN3O/c1-8-4-5-9(10(13)7-8)12-15-11(17-16-12)3-2-6-14/h4-5,7H,2-3,6,14H2,1H3. The number of benzene rings is 1. The molecule has 2 rings (SSSR count). The Morgan fingerprint density at radius 1 is 1.41 bits per heavy atom. The number of hydrogen-bond donors (Lipinski definition) is 1. The molecule has 0 fully saturated rings. The fourth-order valence-electron chi connectivity index (χ4n) is 1.52. The van der Waals surface area contributed by atoms with Gasteiger partial charge >= 0.3 is 0 Å². The van der Waals surface area contributed by atoms with Crippen LogP contribution in [0.25, 0.3) is 11.4 Å². The molecule has 1 aromatic heterocycles. The van der Waals surface area contributed by atoms with Crippen LogP contribution in [0.5, 0.6) is 0 Å². The molecule has 0 aliphatic rings. The summed E-state index contributed by atoms with van der Waals surface area (Å²) < 4.78 is 6.14. The molecule has 2 aromatic rings. The lowest BCUT2D eigenvalue weighted by Gasteiger charge is -1.99. The minimum Gasteiger partial charge on any atom is -0.339 e. The molecule has 0 radical (unpaired) electrons. The predicted molar refractivity (Wildman–Crippen MR) is 69.5 cm³/mol. The van der Waals surface area contributed by atoms with Crippen LogP contribution in [0.15, 0.2) is 27.2 Å². The van der Waals surface area contributed by atoms with Crippen molar-refractivity contribution in [3.63, 3.8) is 0 Å². The molecule has 0 atom stereocenters. The van der Waals surface area contributed by atoms with Gasteiger partial charge in [-0.05, 0) is 37.6 Å². The number of nitrogens with two attached hydrogens (primary N) is 1. The van der Waals surface area contributed by atoms with Crippen LogP contribution in [0.4, 0.5) is 0 Å². The van der Waals surface area contributed by atoms with Crippen LogP contribution in [-0.2, 0) is 6.42 Å². The van der Waals surface area contributed by atoms with Crippen LogP contribution in [0, 0.1) is 6.92 Å². The molecule has 1 aromatic carbocycles. The maximum absolute atomic E-state index is 5.44. The molecule has 4 nitrogen and oxygen atoms in total. The van der Waals surface area contributed by atoms with Crippen molar-refractivity contribution in [3.8, 4) is 11.4 Å². The number of nitrogens with zero attached hydrogens (tertiary/aromatic N) is 2. The van der Waals surface area contributed by atoms with Crippen molar-refractivity contribution in [2.45, 2.75) is 19.8 Å². The summed E-state index contributed by atoms with van der Waals surface area (Å²) in [6.45, 7) is 2.67. The summed E-state index contributed by atoms with van der Waals surface area (Å²) in [5, 5.41) is 3.97. The van der Waals surface area contributed by atoms with E-state index < -0.39 is 0 Å². The van der Waals surface area contributed by atoms with E-state index in [9.17, 15) is 0 Å². The van der Waals surface area contributed by atoms with Gasteiger partial charge in [-0.15, -0.1) is 0 Å². The summed E-state index contributed by atoms with van der Waals surface area (Å²) in [5.41, 5.74) is 7.57. The highest BCUT2D eigenvalue weighted by Gasteiger charge is 2.11. The van der Waals surface area contributed by atoms with E-state index >= 15 is 0 Å². The first-order valence-electron chi connectivity index (χ1n) is 5.50. The molecule has 0 bridgehead atoms. The van der Waals surface area contributed by atoms with Gasteiger partial charge in [0.25, 0.3) is 0 Å². The molecule has 0 aliphatic heterocycles. The normalized spacial score (nSPS) is 10.8. The van der Waals surface area contributed by atoms with Crippen LogP contribution >= 0.6 is 15.9 Å². The molecule has 0 aliphatic carbocycles. The fraction of sp³-hybridized carbons (Fsp3) is 0.333. The van der Waals surface area contributed by atoms with E-state index in [1.807, 2.05) is 25.1 Å². The van der Waals surface area contributed by atoms with E-state index in [1.54, 1.807) is 0 Å². The second-order valence-corrected chi connectivity index (χ2v) is 4.74. The summed E-state index contributed by atoms with van der Waals surface area (Å²) in [4.78, 5) is 4.35. The van der Waals surface area contributed by atoms with Crippen molar-refractivity contribution in [1.29, 1.82) is 0 Å². The molecule has 5 heteroatoms. The van der Waals surface area contributed by atoms with Crippen LogP contribution in [0.1, 0.15) is 17.9 Å². The molecule has 0 amide bonds. The lowest BCUT2D eigenvalue weighted by Crippen LogP contribution is -2.00. The molecule has 2 N–H and O–H groups in total. The maximum atomic E-state index is 5.44. The van der Waals surface area contributed by atoms with Crippen molar-refractivity contribution in [2.75, 3.05) is 6.54 Å². The molecule has 0 spiro atoms. The van der Waals surface area contributed by atoms with Gasteiger partial charge in [0.1, 0.15) is 0 Å². The van der Waals surface area contributed by atoms with Crippen LogP contribution in [0.3, 0.4) is 0 Å². The minimum absolute atomic E-state index is 0.615. The Hall–Kier alpha value is -1.20. The zero-order valence-corrected chi connectivity index (χ0v) is 11.2. The third-order valence-electron chi connectivity index (χ3n) is 2.43. The topological polar surface area (TPSA) is 64.9 Å². The largest absolute Gasteiger partial charge is 0.339 e. The van der Waals surface area contributed by atoms with Crippen molar-refractivity contribution in [2.24, 2.45) is 5.73 Å². The average Bonchev–Trinajstić information content (AvgIpc) is 2.75. The van der Waals surface area contributed by atoms with E-state index in [1.165, 1.54) is 5.56 Å². The second-order valence-electron chi connectivity index (χ2n) is 3.89. The average molecular weight is 296 g/mol. The number of hydrogen-bond acceptors (Lipinski definition) is 4. The summed E-state index contributed by atoms with van der Waals surface area (Å²) in [5.74, 6) is 1.25. The first-order valence-corrected chi connectivity index (χ1v) is 6.29. The third-order valence-corrected chi connectivity index (χ3v) is 3.08. The Bertz CT molecular complexity index is 510. The summed E-state index contributed by atoms with van der Waals surface area (Å²) in [6.07, 6.45) is 1.59. The Morgan fingerprint density at radius 2 is 2.24 bits per heavy atom. The first-order chi connectivity index (χ1) is 8.20. The molecular formula is C12H14BrN3O. The Labute approximate surface area is 108 Å². The highest BCUT2D eigenvalue weighted by Crippen LogP contribution is 2.26. The number of rotatable bonds is 4. The SMILES string of the molecule is Cc1ccc(-c2noc(CCCN)n2)c(Br)c1. The summed E-state index contributed by atoms with van der Waals surface area (Å²) in [7, 11) is 0. The fourth-order valence-corrected chi connectivity index (χ4v) is 2.19. The minimum atomic E-state index is 0.615. The van der Waals surface area contributed by atoms with Gasteiger partial charge in [-0.25, -0.2) is 0 Å². The first kappa shape index (κ1) is 12.3. The molecule has 0 saturated heterocycles. The highest BCUT2D eigenvalue weighted by atomic mass is 79.9. The number of halogens is 1. The second kappa shape index (κ2) is 5.42. The quantitative estimate of drug-likeness (QED) is 0.942. The predicted octanol–water partition coefficient (Wildman–Crippen LogP) is 2.70. The third kappa shape index (κ3) is 2.92. The number of aryl methyl sites for hydroxylation is 2. The molecule has 17 heavy (non-hydrogen) atoms. The Morgan fingerprint density at radius 3 is 2.94 bits per heavy atom. The van der Waals surface area contributed by atoms with Crippen molar-refractivity contribution in [3.05, 3.63) is 34.1 Å². The molecule has 90 valence electrons. The van der Waals surface area contributed by atoms with Gasteiger partial charge in [0.2, 0.25) is 11.7 Å². The van der Waals surface area contributed by atoms with Crippen molar-refractivity contribution < 1.29 is 4.52 Å². The van der Waals surface area contributed by atoms with E-state index in [0.717, 1.165) is 22.9 Å². The van der Waals surface area contributed by atoms with E-state index in [4.69, 9.17) is 10.3 Å². The summed E-state index contributed by atoms with van der Waals surface area (Å²) in [6, 6.07) is 6.04. The van der Waals surface area contributed by atoms with Crippen LogP contribution in [0.2, 0.25) is 0 Å². The van der Waals surface area contributed by atoms with Gasteiger partial charge in [0, 0.05) is 16.5 Å². The van der Waals surface area contributed by atoms with Gasteiger partial charge in [-0.3, -0.25) is 0 Å². The molecule has 0 unspecified atom stereocenters. The maximum Gasteiger partial charge on any atom is 0.227 e. The zero-order chi connectivity index (χ0) is 12.3. The van der Waals surface area contributed by atoms with Gasteiger partial charge in [-0.2, -0.15) is 4.98 Å². The van der Waals surface area contributed by atoms with Gasteiger partial charge in [0.15, 0.2) is 0 Å². The molecular weight excluding hydrogens is 282 g/mol. The van der Waals surface area contributed by atoms with Gasteiger partial charge < -0.3 is 10.3 Å². The highest BCUT2D eigenvalue weighted by molar-refractivity contribution is 9.10. The van der Waals surface area contributed by atoms with Gasteiger partial charge in [0.05, 0.1) is 0 Å². The van der Waals surface area contributed by atoms with Gasteiger partial charge in [-0.1, -0.05) is 27.2 Å². The van der Waals surface area contributed by atoms with Crippen molar-refractivity contribution >= 4 is 15.9 Å².